The number of halogens is 1. The molecule has 80 valence electrons. The second kappa shape index (κ2) is 4.37. The predicted molar refractivity (Wildman–Crippen MR) is 63.3 cm³/mol. The lowest BCUT2D eigenvalue weighted by molar-refractivity contribution is 0.180. The van der Waals surface area contributed by atoms with Crippen molar-refractivity contribution in [3.8, 4) is 5.75 Å². The van der Waals surface area contributed by atoms with Crippen LogP contribution < -0.4 is 4.74 Å². The van der Waals surface area contributed by atoms with E-state index in [-0.39, 0.29) is 6.10 Å². The molecule has 0 radical (unpaired) electrons. The lowest BCUT2D eigenvalue weighted by Crippen LogP contribution is -1.97. The quantitative estimate of drug-likeness (QED) is 0.914. The number of rotatable bonds is 3. The Hall–Kier alpha value is -0.800. The number of ether oxygens (including phenoxy) is 1. The van der Waals surface area contributed by atoms with E-state index in [4.69, 9.17) is 4.74 Å². The van der Waals surface area contributed by atoms with Crippen molar-refractivity contribution in [2.24, 2.45) is 0 Å². The molecule has 0 saturated heterocycles. The van der Waals surface area contributed by atoms with Gasteiger partial charge in [0.1, 0.15) is 12.4 Å². The Balaban J connectivity index is 2.12. The standard InChI is InChI=1S/C12H13BrO2/c1-8(13)7-15-10-3-4-11-9(6-10)2-5-12(11)14/h3-4,6,12,14H,1-2,5,7H2. The molecular weight excluding hydrogens is 256 g/mol. The van der Waals surface area contributed by atoms with Crippen molar-refractivity contribution < 1.29 is 9.84 Å². The maximum absolute atomic E-state index is 9.63. The second-order valence-electron chi connectivity index (χ2n) is 3.72. The molecule has 1 unspecified atom stereocenters. The first-order valence-corrected chi connectivity index (χ1v) is 5.73. The molecule has 0 saturated carbocycles. The Morgan fingerprint density at radius 3 is 3.13 bits per heavy atom. The van der Waals surface area contributed by atoms with Gasteiger partial charge >= 0.3 is 0 Å². The van der Waals surface area contributed by atoms with Gasteiger partial charge in [0.25, 0.3) is 0 Å². The molecule has 0 spiro atoms. The maximum Gasteiger partial charge on any atom is 0.120 e. The minimum atomic E-state index is -0.291. The number of aryl methyl sites for hydroxylation is 1. The number of aliphatic hydroxyl groups is 1. The summed E-state index contributed by atoms with van der Waals surface area (Å²) in [4.78, 5) is 0. The van der Waals surface area contributed by atoms with Crippen molar-refractivity contribution in [1.29, 1.82) is 0 Å². The van der Waals surface area contributed by atoms with Crippen LogP contribution in [0, 0.1) is 0 Å². The molecule has 1 atom stereocenters. The van der Waals surface area contributed by atoms with E-state index in [9.17, 15) is 5.11 Å². The first kappa shape index (κ1) is 10.7. The third-order valence-electron chi connectivity index (χ3n) is 2.56. The highest BCUT2D eigenvalue weighted by Crippen LogP contribution is 2.33. The third-order valence-corrected chi connectivity index (χ3v) is 2.78. The van der Waals surface area contributed by atoms with Crippen LogP contribution in [0.25, 0.3) is 0 Å². The van der Waals surface area contributed by atoms with Crippen LogP contribution in [0.2, 0.25) is 0 Å². The van der Waals surface area contributed by atoms with Crippen molar-refractivity contribution in [2.75, 3.05) is 6.61 Å². The van der Waals surface area contributed by atoms with Crippen molar-refractivity contribution in [3.63, 3.8) is 0 Å². The van der Waals surface area contributed by atoms with Gasteiger partial charge in [-0.1, -0.05) is 28.6 Å². The summed E-state index contributed by atoms with van der Waals surface area (Å²) in [6.45, 7) is 4.18. The summed E-state index contributed by atoms with van der Waals surface area (Å²) < 4.78 is 6.32. The molecule has 0 aliphatic heterocycles. The zero-order chi connectivity index (χ0) is 10.8. The van der Waals surface area contributed by atoms with Crippen LogP contribution in [0.5, 0.6) is 5.75 Å². The molecule has 1 aromatic rings. The summed E-state index contributed by atoms with van der Waals surface area (Å²) in [5.41, 5.74) is 2.24. The summed E-state index contributed by atoms with van der Waals surface area (Å²) in [5.74, 6) is 0.837. The van der Waals surface area contributed by atoms with Gasteiger partial charge in [0.2, 0.25) is 0 Å². The van der Waals surface area contributed by atoms with Crippen molar-refractivity contribution >= 4 is 15.9 Å². The molecule has 15 heavy (non-hydrogen) atoms. The lowest BCUT2D eigenvalue weighted by atomic mass is 10.1. The lowest BCUT2D eigenvalue weighted by Gasteiger charge is -2.08. The molecule has 1 aliphatic rings. The van der Waals surface area contributed by atoms with Gasteiger partial charge in [-0.25, -0.2) is 0 Å². The molecule has 0 fully saturated rings. The smallest absolute Gasteiger partial charge is 0.120 e. The number of benzene rings is 1. The van der Waals surface area contributed by atoms with Crippen LogP contribution in [0.1, 0.15) is 23.7 Å². The maximum atomic E-state index is 9.63. The SMILES string of the molecule is C=C(Br)COc1ccc2c(c1)CCC2O. The Labute approximate surface area is 97.7 Å². The highest BCUT2D eigenvalue weighted by atomic mass is 79.9. The van der Waals surface area contributed by atoms with Crippen LogP contribution in [-0.2, 0) is 6.42 Å². The largest absolute Gasteiger partial charge is 0.488 e. The van der Waals surface area contributed by atoms with Crippen LogP contribution in [0.15, 0.2) is 29.3 Å². The topological polar surface area (TPSA) is 29.5 Å². The second-order valence-corrected chi connectivity index (χ2v) is 4.84. The summed E-state index contributed by atoms with van der Waals surface area (Å²) in [6, 6.07) is 5.84. The molecular formula is C12H13BrO2. The van der Waals surface area contributed by atoms with Gasteiger partial charge in [-0.15, -0.1) is 0 Å². The minimum absolute atomic E-state index is 0.291. The van der Waals surface area contributed by atoms with Crippen molar-refractivity contribution in [3.05, 3.63) is 40.4 Å². The predicted octanol–water partition coefficient (Wildman–Crippen LogP) is 2.95. The van der Waals surface area contributed by atoms with Gasteiger partial charge in [-0.05, 0) is 36.1 Å². The number of hydrogen-bond acceptors (Lipinski definition) is 2. The van der Waals surface area contributed by atoms with Crippen LogP contribution >= 0.6 is 15.9 Å². The van der Waals surface area contributed by atoms with E-state index < -0.39 is 0 Å². The monoisotopic (exact) mass is 268 g/mol. The first-order valence-electron chi connectivity index (χ1n) is 4.94. The van der Waals surface area contributed by atoms with Crippen molar-refractivity contribution in [2.45, 2.75) is 18.9 Å². The van der Waals surface area contributed by atoms with E-state index in [0.29, 0.717) is 6.61 Å². The summed E-state index contributed by atoms with van der Waals surface area (Å²) in [6.07, 6.45) is 1.47. The molecule has 0 heterocycles. The molecule has 1 N–H and O–H groups in total. The van der Waals surface area contributed by atoms with E-state index in [2.05, 4.69) is 22.5 Å². The van der Waals surface area contributed by atoms with Gasteiger partial charge in [-0.2, -0.15) is 0 Å². The minimum Gasteiger partial charge on any atom is -0.488 e. The van der Waals surface area contributed by atoms with E-state index in [1.807, 2.05) is 18.2 Å². The zero-order valence-corrected chi connectivity index (χ0v) is 9.96. The summed E-state index contributed by atoms with van der Waals surface area (Å²) in [7, 11) is 0. The molecule has 0 aromatic heterocycles. The Bertz CT molecular complexity index is 387. The summed E-state index contributed by atoms with van der Waals surface area (Å²) in [5, 5.41) is 9.63. The molecule has 2 rings (SSSR count). The van der Waals surface area contributed by atoms with E-state index in [1.54, 1.807) is 0 Å². The van der Waals surface area contributed by atoms with Gasteiger partial charge in [0.15, 0.2) is 0 Å². The van der Waals surface area contributed by atoms with Crippen molar-refractivity contribution in [1.82, 2.24) is 0 Å². The number of fused-ring (bicyclic) bond motifs is 1. The fourth-order valence-corrected chi connectivity index (χ4v) is 1.94. The molecule has 1 aromatic carbocycles. The van der Waals surface area contributed by atoms with Crippen LogP contribution in [0.3, 0.4) is 0 Å². The fourth-order valence-electron chi connectivity index (χ4n) is 1.82. The first-order chi connectivity index (χ1) is 7.16. The molecule has 0 bridgehead atoms. The highest BCUT2D eigenvalue weighted by molar-refractivity contribution is 9.11. The Morgan fingerprint density at radius 2 is 2.40 bits per heavy atom. The molecule has 1 aliphatic carbocycles. The van der Waals surface area contributed by atoms with Crippen LogP contribution in [-0.4, -0.2) is 11.7 Å². The van der Waals surface area contributed by atoms with E-state index in [0.717, 1.165) is 28.6 Å². The molecule has 2 nitrogen and oxygen atoms in total. The Morgan fingerprint density at radius 1 is 1.60 bits per heavy atom. The van der Waals surface area contributed by atoms with E-state index >= 15 is 0 Å². The van der Waals surface area contributed by atoms with Gasteiger partial charge in [0.05, 0.1) is 6.10 Å². The van der Waals surface area contributed by atoms with Crippen LogP contribution in [0.4, 0.5) is 0 Å². The average Bonchev–Trinajstić information content (AvgIpc) is 2.57. The highest BCUT2D eigenvalue weighted by Gasteiger charge is 2.20. The number of aliphatic hydroxyl groups excluding tert-OH is 1. The van der Waals surface area contributed by atoms with Gasteiger partial charge in [0, 0.05) is 4.48 Å². The van der Waals surface area contributed by atoms with E-state index in [1.165, 1.54) is 5.56 Å². The van der Waals surface area contributed by atoms with Gasteiger partial charge in [-0.3, -0.25) is 0 Å². The van der Waals surface area contributed by atoms with Gasteiger partial charge < -0.3 is 9.84 Å². The Kier molecular flexibility index (Phi) is 3.12. The third kappa shape index (κ3) is 2.41. The summed E-state index contributed by atoms with van der Waals surface area (Å²) >= 11 is 3.24. The fraction of sp³-hybridized carbons (Fsp3) is 0.333. The number of hydrogen-bond donors (Lipinski definition) is 1. The molecule has 3 heteroatoms. The normalized spacial score (nSPS) is 18.7. The average molecular weight is 269 g/mol. The zero-order valence-electron chi connectivity index (χ0n) is 8.37. The molecule has 0 amide bonds.